The number of carbonyl (C=O) groups is 1. The Morgan fingerprint density at radius 1 is 1.22 bits per heavy atom. The summed E-state index contributed by atoms with van der Waals surface area (Å²) in [6.45, 7) is 11.6. The number of rotatable bonds is 3. The Labute approximate surface area is 140 Å². The fraction of sp³-hybridized carbons (Fsp3) is 0.500. The first-order valence-corrected chi connectivity index (χ1v) is 11.5. The van der Waals surface area contributed by atoms with E-state index in [1.54, 1.807) is 12.1 Å². The lowest BCUT2D eigenvalue weighted by Crippen LogP contribution is -2.44. The van der Waals surface area contributed by atoms with Gasteiger partial charge in [-0.25, -0.2) is 4.79 Å². The van der Waals surface area contributed by atoms with E-state index in [0.29, 0.717) is 5.56 Å². The van der Waals surface area contributed by atoms with Crippen molar-refractivity contribution >= 4 is 14.0 Å². The van der Waals surface area contributed by atoms with Gasteiger partial charge in [0.2, 0.25) is 0 Å². The topological polar surface area (TPSA) is 43.8 Å². The fourth-order valence-electron chi connectivity index (χ4n) is 2.47. The van der Waals surface area contributed by atoms with Gasteiger partial charge in [-0.3, -0.25) is 4.90 Å². The summed E-state index contributed by atoms with van der Waals surface area (Å²) in [4.78, 5) is 16.0. The van der Waals surface area contributed by atoms with Crippen molar-refractivity contribution in [3.8, 4) is 11.5 Å². The van der Waals surface area contributed by atoms with Gasteiger partial charge in [0.25, 0.3) is 0 Å². The van der Waals surface area contributed by atoms with Crippen molar-refractivity contribution in [3.63, 3.8) is 0 Å². The number of nitrogens with zero attached hydrogens (tertiary/aromatic N) is 2. The highest BCUT2D eigenvalue weighted by Gasteiger charge is 2.16. The average molecular weight is 331 g/mol. The van der Waals surface area contributed by atoms with Gasteiger partial charge in [0.15, 0.2) is 0 Å². The molecule has 5 heteroatoms. The minimum absolute atomic E-state index is 0.312. The van der Waals surface area contributed by atoms with Crippen LogP contribution in [0, 0.1) is 11.5 Å². The first-order chi connectivity index (χ1) is 10.7. The fourth-order valence-corrected chi connectivity index (χ4v) is 2.98. The second-order valence-corrected chi connectivity index (χ2v) is 12.0. The molecule has 1 aromatic carbocycles. The summed E-state index contributed by atoms with van der Waals surface area (Å²) in [5.41, 5.74) is 5.67. The maximum absolute atomic E-state index is 11.2. The standard InChI is InChI=1S/C18H26N2O2Si/c1-19-8-10-20(11-9-19)14-17-6-5-16(18(21)22)13-15(17)7-12-23(2,3)4/h5-6,13H,8-11,14H2,1-4H3,(H,21,22). The van der Waals surface area contributed by atoms with Crippen LogP contribution in [-0.4, -0.2) is 62.2 Å². The highest BCUT2D eigenvalue weighted by molar-refractivity contribution is 6.83. The lowest BCUT2D eigenvalue weighted by molar-refractivity contribution is 0.0697. The van der Waals surface area contributed by atoms with E-state index in [4.69, 9.17) is 0 Å². The van der Waals surface area contributed by atoms with Crippen molar-refractivity contribution in [2.24, 2.45) is 0 Å². The van der Waals surface area contributed by atoms with Crippen LogP contribution in [0.5, 0.6) is 0 Å². The van der Waals surface area contributed by atoms with Crippen molar-refractivity contribution in [1.82, 2.24) is 9.80 Å². The maximum Gasteiger partial charge on any atom is 0.335 e. The van der Waals surface area contributed by atoms with Crippen molar-refractivity contribution < 1.29 is 9.90 Å². The third-order valence-electron chi connectivity index (χ3n) is 3.92. The molecule has 2 rings (SSSR count). The van der Waals surface area contributed by atoms with Crippen LogP contribution in [0.4, 0.5) is 0 Å². The van der Waals surface area contributed by atoms with Gasteiger partial charge in [0.1, 0.15) is 8.07 Å². The first kappa shape index (κ1) is 17.7. The summed E-state index contributed by atoms with van der Waals surface area (Å²) in [5, 5.41) is 9.22. The predicted molar refractivity (Wildman–Crippen MR) is 96.4 cm³/mol. The van der Waals surface area contributed by atoms with E-state index in [2.05, 4.69) is 48.0 Å². The summed E-state index contributed by atoms with van der Waals surface area (Å²) in [5.74, 6) is 2.36. The second-order valence-electron chi connectivity index (χ2n) is 7.26. The van der Waals surface area contributed by atoms with Gasteiger partial charge in [-0.2, -0.15) is 0 Å². The molecule has 0 aromatic heterocycles. The maximum atomic E-state index is 11.2. The Kier molecular flexibility index (Phi) is 5.63. The molecule has 0 saturated carbocycles. The van der Waals surface area contributed by atoms with Gasteiger partial charge >= 0.3 is 5.97 Å². The molecule has 4 nitrogen and oxygen atoms in total. The smallest absolute Gasteiger partial charge is 0.335 e. The number of hydrogen-bond acceptors (Lipinski definition) is 3. The molecule has 1 fully saturated rings. The molecule has 0 spiro atoms. The van der Waals surface area contributed by atoms with Crippen LogP contribution < -0.4 is 0 Å². The van der Waals surface area contributed by atoms with Crippen LogP contribution in [0.2, 0.25) is 19.6 Å². The molecule has 1 aliphatic rings. The summed E-state index contributed by atoms with van der Waals surface area (Å²) in [6.07, 6.45) is 0. The van der Waals surface area contributed by atoms with Gasteiger partial charge in [-0.1, -0.05) is 31.6 Å². The van der Waals surface area contributed by atoms with Gasteiger partial charge in [-0.05, 0) is 24.7 Å². The number of carboxylic acids is 1. The minimum atomic E-state index is -1.50. The highest BCUT2D eigenvalue weighted by Crippen LogP contribution is 2.16. The van der Waals surface area contributed by atoms with E-state index in [-0.39, 0.29) is 0 Å². The average Bonchev–Trinajstić information content (AvgIpc) is 2.47. The van der Waals surface area contributed by atoms with Crippen LogP contribution in [0.3, 0.4) is 0 Å². The van der Waals surface area contributed by atoms with Crippen LogP contribution in [-0.2, 0) is 6.54 Å². The Hall–Kier alpha value is -1.61. The predicted octanol–water partition coefficient (Wildman–Crippen LogP) is 2.36. The Morgan fingerprint density at radius 2 is 1.87 bits per heavy atom. The van der Waals surface area contributed by atoms with Crippen molar-refractivity contribution in [2.45, 2.75) is 26.2 Å². The van der Waals surface area contributed by atoms with E-state index in [9.17, 15) is 9.90 Å². The van der Waals surface area contributed by atoms with Gasteiger partial charge in [0, 0.05) is 38.3 Å². The van der Waals surface area contributed by atoms with Gasteiger partial charge < -0.3 is 10.0 Å². The van der Waals surface area contributed by atoms with Gasteiger partial charge in [-0.15, -0.1) is 5.54 Å². The van der Waals surface area contributed by atoms with E-state index in [1.807, 2.05) is 6.07 Å². The quantitative estimate of drug-likeness (QED) is 0.682. The Balaban J connectivity index is 2.26. The SMILES string of the molecule is CN1CCN(Cc2ccc(C(=O)O)cc2C#C[Si](C)(C)C)CC1. The van der Waals surface area contributed by atoms with Crippen LogP contribution in [0.1, 0.15) is 21.5 Å². The highest BCUT2D eigenvalue weighted by atomic mass is 28.3. The minimum Gasteiger partial charge on any atom is -0.478 e. The van der Waals surface area contributed by atoms with Crippen LogP contribution in [0.15, 0.2) is 18.2 Å². The Morgan fingerprint density at radius 3 is 2.43 bits per heavy atom. The van der Waals surface area contributed by atoms with E-state index in [1.165, 1.54) is 0 Å². The third-order valence-corrected chi connectivity index (χ3v) is 4.79. The molecule has 0 amide bonds. The largest absolute Gasteiger partial charge is 0.478 e. The summed E-state index contributed by atoms with van der Waals surface area (Å²) in [6, 6.07) is 5.34. The molecule has 0 aliphatic carbocycles. The lowest BCUT2D eigenvalue weighted by Gasteiger charge is -2.32. The number of piperazine rings is 1. The number of likely N-dealkylation sites (N-methyl/N-ethyl adjacent to an activating group) is 1. The summed E-state index contributed by atoms with van der Waals surface area (Å²) >= 11 is 0. The molecule has 1 N–H and O–H groups in total. The molecule has 1 aromatic rings. The molecule has 1 saturated heterocycles. The van der Waals surface area contributed by atoms with Crippen molar-refractivity contribution in [3.05, 3.63) is 34.9 Å². The molecular formula is C18H26N2O2Si. The molecular weight excluding hydrogens is 304 g/mol. The molecule has 1 heterocycles. The van der Waals surface area contributed by atoms with Crippen LogP contribution >= 0.6 is 0 Å². The number of benzene rings is 1. The van der Waals surface area contributed by atoms with E-state index in [0.717, 1.165) is 43.9 Å². The molecule has 0 unspecified atom stereocenters. The van der Waals surface area contributed by atoms with Crippen LogP contribution in [0.25, 0.3) is 0 Å². The van der Waals surface area contributed by atoms with E-state index >= 15 is 0 Å². The molecule has 23 heavy (non-hydrogen) atoms. The number of carboxylic acid groups (broad SMARTS) is 1. The lowest BCUT2D eigenvalue weighted by atomic mass is 10.0. The molecule has 0 atom stereocenters. The van der Waals surface area contributed by atoms with Gasteiger partial charge in [0.05, 0.1) is 5.56 Å². The normalized spacial score (nSPS) is 16.7. The molecule has 0 bridgehead atoms. The first-order valence-electron chi connectivity index (χ1n) is 8.05. The summed E-state index contributed by atoms with van der Waals surface area (Å²) in [7, 11) is 0.645. The zero-order chi connectivity index (χ0) is 17.0. The Bertz CT molecular complexity index is 633. The number of aromatic carboxylic acids is 1. The molecule has 124 valence electrons. The summed E-state index contributed by atoms with van der Waals surface area (Å²) < 4.78 is 0. The second kappa shape index (κ2) is 7.31. The van der Waals surface area contributed by atoms with Crippen molar-refractivity contribution in [2.75, 3.05) is 33.2 Å². The molecule has 1 aliphatic heterocycles. The zero-order valence-electron chi connectivity index (χ0n) is 14.5. The molecule has 0 radical (unpaired) electrons. The monoisotopic (exact) mass is 330 g/mol. The van der Waals surface area contributed by atoms with E-state index < -0.39 is 14.0 Å². The van der Waals surface area contributed by atoms with Crippen molar-refractivity contribution in [1.29, 1.82) is 0 Å². The zero-order valence-corrected chi connectivity index (χ0v) is 15.5. The number of hydrogen-bond donors (Lipinski definition) is 1. The third kappa shape index (κ3) is 5.50.